The van der Waals surface area contributed by atoms with E-state index in [9.17, 15) is 62.3 Å². The Labute approximate surface area is 558 Å². The Kier molecular flexibility index (Phi) is 33.9. The molecule has 524 valence electrons. The zero-order chi connectivity index (χ0) is 70.1. The van der Waals surface area contributed by atoms with Crippen molar-refractivity contribution in [2.75, 3.05) is 44.7 Å². The quantitative estimate of drug-likeness (QED) is 0.0173. The van der Waals surface area contributed by atoms with Crippen LogP contribution in [0.5, 0.6) is 0 Å². The molecular formula is C63H98N18O13S. The number of unbranched alkanes of at least 4 members (excludes halogenated alkanes) is 1. The van der Waals surface area contributed by atoms with Crippen LogP contribution in [0.1, 0.15) is 121 Å². The number of nitrogens with two attached hydrogens (primary N) is 7. The largest absolute Gasteiger partial charge is 0.370 e. The van der Waals surface area contributed by atoms with Gasteiger partial charge in [-0.1, -0.05) is 74.5 Å². The number of likely N-dealkylation sites (tertiary alicyclic amines) is 2. The minimum atomic E-state index is -1.64. The molecule has 0 spiro atoms. The number of amides is 13. The highest BCUT2D eigenvalue weighted by atomic mass is 32.2. The van der Waals surface area contributed by atoms with Gasteiger partial charge in [0.2, 0.25) is 76.8 Å². The maximum absolute atomic E-state index is 14.7. The lowest BCUT2D eigenvalue weighted by Crippen LogP contribution is -2.60. The van der Waals surface area contributed by atoms with Gasteiger partial charge in [0.25, 0.3) is 0 Å². The van der Waals surface area contributed by atoms with Crippen molar-refractivity contribution in [2.24, 2.45) is 51.0 Å². The number of aliphatic imine (C=N–C) groups is 1. The van der Waals surface area contributed by atoms with Gasteiger partial charge in [-0.15, -0.1) is 0 Å². The summed E-state index contributed by atoms with van der Waals surface area (Å²) in [6.45, 7) is 3.86. The van der Waals surface area contributed by atoms with Crippen LogP contribution in [0, 0.1) is 5.92 Å². The SMILES string of the molecule is CSCC[C@H](NC(=O)[C@H](CC(C)C)NC(=O)CNC(=O)[C@H](Cc1ccccc1)NC(=O)[C@H](Cc1ccccc1)NC(=O)[C@@H](CCC(N)=O)NC(=O)[C@@H](CCC(N)=O)NC(=O)[C@H]1CCCN1C(=O)[C@H](CCCCN)NC(=O)[C@@H]1CCCN1C(=O)[C@H](N)CCCN=C(N)N)C(N)=O. The third-order valence-corrected chi connectivity index (χ3v) is 16.7. The van der Waals surface area contributed by atoms with Crippen LogP contribution < -0.4 is 82.7 Å². The van der Waals surface area contributed by atoms with Gasteiger partial charge in [0.1, 0.15) is 54.4 Å². The minimum Gasteiger partial charge on any atom is -0.370 e. The molecule has 2 aromatic rings. The highest BCUT2D eigenvalue weighted by Crippen LogP contribution is 2.24. The van der Waals surface area contributed by atoms with Crippen LogP contribution in [0.4, 0.5) is 0 Å². The number of primary amides is 3. The number of carbonyl (C=O) groups is 13. The molecule has 2 fully saturated rings. The van der Waals surface area contributed by atoms with E-state index in [1.807, 2.05) is 20.1 Å². The average Bonchev–Trinajstić information content (AvgIpc) is 1.74. The van der Waals surface area contributed by atoms with E-state index in [1.54, 1.807) is 60.7 Å². The fraction of sp³-hybridized carbons (Fsp3) is 0.587. The van der Waals surface area contributed by atoms with E-state index in [1.165, 1.54) is 21.6 Å². The summed E-state index contributed by atoms with van der Waals surface area (Å²) >= 11 is 1.45. The lowest BCUT2D eigenvalue weighted by molar-refractivity contribution is -0.144. The van der Waals surface area contributed by atoms with Gasteiger partial charge in [0.05, 0.1) is 12.6 Å². The first kappa shape index (κ1) is 78.5. The number of hydrogen-bond donors (Lipinski definition) is 15. The first-order chi connectivity index (χ1) is 45.2. The number of thioether (sulfide) groups is 1. The fourth-order valence-corrected chi connectivity index (χ4v) is 11.5. The lowest BCUT2D eigenvalue weighted by Gasteiger charge is -2.32. The van der Waals surface area contributed by atoms with E-state index >= 15 is 0 Å². The Bertz CT molecular complexity index is 2960. The molecule has 0 unspecified atom stereocenters. The second-order valence-corrected chi connectivity index (χ2v) is 25.1. The molecule has 4 rings (SSSR count). The number of carbonyl (C=O) groups excluding carboxylic acids is 13. The summed E-state index contributed by atoms with van der Waals surface area (Å²) in [6, 6.07) is 4.51. The van der Waals surface area contributed by atoms with Crippen molar-refractivity contribution < 1.29 is 62.3 Å². The molecule has 32 heteroatoms. The van der Waals surface area contributed by atoms with Crippen LogP contribution in [0.25, 0.3) is 0 Å². The van der Waals surface area contributed by atoms with E-state index < -0.39 is 169 Å². The highest BCUT2D eigenvalue weighted by Gasteiger charge is 2.42. The third kappa shape index (κ3) is 27.5. The van der Waals surface area contributed by atoms with Gasteiger partial charge in [-0.05, 0) is 119 Å². The van der Waals surface area contributed by atoms with Crippen LogP contribution in [0.3, 0.4) is 0 Å². The molecule has 0 aromatic heterocycles. The second kappa shape index (κ2) is 41.0. The van der Waals surface area contributed by atoms with Crippen molar-refractivity contribution >= 4 is 94.5 Å². The van der Waals surface area contributed by atoms with Crippen molar-refractivity contribution in [1.29, 1.82) is 0 Å². The Morgan fingerprint density at radius 3 is 1.51 bits per heavy atom. The zero-order valence-electron chi connectivity index (χ0n) is 54.5. The average molecular weight is 1350 g/mol. The number of hydrogen-bond acceptors (Lipinski definition) is 17. The molecule has 95 heavy (non-hydrogen) atoms. The Morgan fingerprint density at radius 2 is 1.01 bits per heavy atom. The van der Waals surface area contributed by atoms with Crippen molar-refractivity contribution in [3.8, 4) is 0 Å². The minimum absolute atomic E-state index is 0.0736. The van der Waals surface area contributed by atoms with Crippen molar-refractivity contribution in [3.63, 3.8) is 0 Å². The molecule has 2 aliphatic rings. The van der Waals surface area contributed by atoms with E-state index in [4.69, 9.17) is 40.1 Å². The van der Waals surface area contributed by atoms with Crippen molar-refractivity contribution in [2.45, 2.75) is 183 Å². The summed E-state index contributed by atoms with van der Waals surface area (Å²) in [7, 11) is 0. The number of rotatable bonds is 42. The first-order valence-corrected chi connectivity index (χ1v) is 33.6. The number of benzene rings is 2. The third-order valence-electron chi connectivity index (χ3n) is 16.0. The van der Waals surface area contributed by atoms with Crippen molar-refractivity contribution in [1.82, 2.24) is 52.3 Å². The summed E-state index contributed by atoms with van der Waals surface area (Å²) in [5.41, 5.74) is 40.6. The molecule has 0 aliphatic carbocycles. The molecule has 22 N–H and O–H groups in total. The van der Waals surface area contributed by atoms with Crippen LogP contribution in [-0.2, 0) is 75.2 Å². The highest BCUT2D eigenvalue weighted by molar-refractivity contribution is 7.98. The van der Waals surface area contributed by atoms with Gasteiger partial charge in [-0.2, -0.15) is 11.8 Å². The molecule has 2 saturated heterocycles. The lowest BCUT2D eigenvalue weighted by atomic mass is 10.0. The molecule has 0 saturated carbocycles. The summed E-state index contributed by atoms with van der Waals surface area (Å²) < 4.78 is 0. The van der Waals surface area contributed by atoms with Crippen LogP contribution >= 0.6 is 11.8 Å². The van der Waals surface area contributed by atoms with Gasteiger partial charge < -0.3 is 92.5 Å². The van der Waals surface area contributed by atoms with Gasteiger partial charge in [-0.3, -0.25) is 67.3 Å². The molecular weight excluding hydrogens is 1250 g/mol. The maximum atomic E-state index is 14.7. The zero-order valence-corrected chi connectivity index (χ0v) is 55.3. The van der Waals surface area contributed by atoms with Crippen molar-refractivity contribution in [3.05, 3.63) is 71.8 Å². The topological polar surface area (TPSA) is 519 Å². The number of nitrogens with zero attached hydrogens (tertiary/aromatic N) is 3. The van der Waals surface area contributed by atoms with E-state index in [0.29, 0.717) is 55.4 Å². The fourth-order valence-electron chi connectivity index (χ4n) is 11.0. The smallest absolute Gasteiger partial charge is 0.245 e. The summed E-state index contributed by atoms with van der Waals surface area (Å²) in [4.78, 5) is 185. The van der Waals surface area contributed by atoms with E-state index in [0.717, 1.165) is 0 Å². The molecule has 0 bridgehead atoms. The Balaban J connectivity index is 1.56. The second-order valence-electron chi connectivity index (χ2n) is 24.1. The van der Waals surface area contributed by atoms with Gasteiger partial charge in [0, 0.05) is 45.3 Å². The van der Waals surface area contributed by atoms with Gasteiger partial charge in [-0.25, -0.2) is 0 Å². The van der Waals surface area contributed by atoms with Gasteiger partial charge in [0.15, 0.2) is 5.96 Å². The molecule has 10 atom stereocenters. The summed E-state index contributed by atoms with van der Waals surface area (Å²) in [5.74, 6) is -9.80. The standard InChI is InChI=1S/C63H98N18O13S/c1-37(2)33-45(57(89)74-41(53(68)85)27-32-95-3)73-52(84)36-72-54(86)46(34-38-15-6-4-7-16-38)78-58(90)47(35-39-17-8-5-9-18-39)79-56(88)42(23-25-50(66)82)75-55(87)43(24-26-51(67)83)76-59(91)49-22-14-31-81(49)62(94)44(20-10-11-28-64)77-60(92)48-21-13-30-80(48)61(93)40(65)19-12-29-71-63(69)70/h4-9,15-18,37,40-49H,10-14,19-36,64-65H2,1-3H3,(H2,66,82)(H2,67,83)(H2,68,85)(H,72,86)(H,73,84)(H,74,89)(H,75,87)(H,76,91)(H,77,92)(H,78,90)(H,79,88)(H4,69,70,71)/t40-,41+,42-,43-,44+,45+,46+,47+,48+,49-/m1/s1. The summed E-state index contributed by atoms with van der Waals surface area (Å²) in [5, 5.41) is 21.1. The van der Waals surface area contributed by atoms with Gasteiger partial charge >= 0.3 is 0 Å². The molecule has 2 aromatic carbocycles. The van der Waals surface area contributed by atoms with Crippen LogP contribution in [0.2, 0.25) is 0 Å². The van der Waals surface area contributed by atoms with E-state index in [-0.39, 0.29) is 83.0 Å². The predicted octanol–water partition coefficient (Wildman–Crippen LogP) is -3.71. The molecule has 0 radical (unpaired) electrons. The van der Waals surface area contributed by atoms with E-state index in [2.05, 4.69) is 47.5 Å². The van der Waals surface area contributed by atoms with Crippen LogP contribution in [0.15, 0.2) is 65.7 Å². The van der Waals surface area contributed by atoms with Crippen LogP contribution in [-0.4, -0.2) is 198 Å². The first-order valence-electron chi connectivity index (χ1n) is 32.2. The predicted molar refractivity (Wildman–Crippen MR) is 356 cm³/mol. The molecule has 2 aliphatic heterocycles. The number of guanidine groups is 1. The molecule has 13 amide bonds. The molecule has 31 nitrogen and oxygen atoms in total. The number of nitrogens with one attached hydrogen (secondary N) is 8. The Morgan fingerprint density at radius 1 is 0.537 bits per heavy atom. The maximum Gasteiger partial charge on any atom is 0.245 e. The Hall–Kier alpha value is -8.91. The monoisotopic (exact) mass is 1350 g/mol. The molecule has 2 heterocycles. The summed E-state index contributed by atoms with van der Waals surface area (Å²) in [6.07, 6.45) is 3.12. The normalized spacial score (nSPS) is 16.8.